The van der Waals surface area contributed by atoms with E-state index in [1.165, 1.54) is 12.1 Å². The molecule has 0 unspecified atom stereocenters. The van der Waals surface area contributed by atoms with Crippen LogP contribution >= 0.6 is 0 Å². The van der Waals surface area contributed by atoms with E-state index in [4.69, 9.17) is 4.74 Å². The third kappa shape index (κ3) is 5.44. The number of ether oxygens (including phenoxy) is 1. The van der Waals surface area contributed by atoms with Gasteiger partial charge in [-0.1, -0.05) is 0 Å². The van der Waals surface area contributed by atoms with E-state index in [9.17, 15) is 28.2 Å². The minimum atomic E-state index is -0.966. The number of nitrogens with one attached hydrogen (secondary N) is 2. The molecule has 0 spiro atoms. The van der Waals surface area contributed by atoms with E-state index in [0.717, 1.165) is 17.8 Å². The lowest BCUT2D eigenvalue weighted by molar-refractivity contribution is -0.0205. The maximum Gasteiger partial charge on any atom is 0.319 e. The van der Waals surface area contributed by atoms with Gasteiger partial charge in [-0.3, -0.25) is 4.90 Å². The van der Waals surface area contributed by atoms with Gasteiger partial charge in [-0.25, -0.2) is 18.0 Å². The Morgan fingerprint density at radius 2 is 1.68 bits per heavy atom. The van der Waals surface area contributed by atoms with E-state index in [0.29, 0.717) is 32.2 Å². The molecule has 184 valence electrons. The largest absolute Gasteiger partial charge is 0.394 e. The fraction of sp³-hybridized carbons (Fsp3) is 0.435. The van der Waals surface area contributed by atoms with Gasteiger partial charge in [0.05, 0.1) is 24.4 Å². The second kappa shape index (κ2) is 10.6. The van der Waals surface area contributed by atoms with Crippen LogP contribution < -0.4 is 15.5 Å². The van der Waals surface area contributed by atoms with Crippen LogP contribution in [-0.2, 0) is 4.74 Å². The van der Waals surface area contributed by atoms with Gasteiger partial charge in [0.25, 0.3) is 0 Å². The van der Waals surface area contributed by atoms with E-state index >= 15 is 0 Å². The van der Waals surface area contributed by atoms with Crippen molar-refractivity contribution in [2.75, 3.05) is 49.5 Å². The molecule has 34 heavy (non-hydrogen) atoms. The van der Waals surface area contributed by atoms with Crippen molar-refractivity contribution in [2.24, 2.45) is 0 Å². The molecule has 2 amide bonds. The minimum Gasteiger partial charge on any atom is -0.394 e. The summed E-state index contributed by atoms with van der Waals surface area (Å²) in [5.74, 6) is -1.96. The van der Waals surface area contributed by atoms with E-state index in [2.05, 4.69) is 15.5 Å². The van der Waals surface area contributed by atoms with E-state index in [1.54, 1.807) is 12.1 Å². The van der Waals surface area contributed by atoms with E-state index < -0.39 is 42.0 Å². The molecule has 2 aromatic carbocycles. The van der Waals surface area contributed by atoms with Gasteiger partial charge in [-0.2, -0.15) is 0 Å². The summed E-state index contributed by atoms with van der Waals surface area (Å²) in [6, 6.07) is 7.88. The van der Waals surface area contributed by atoms with Crippen LogP contribution in [0.3, 0.4) is 0 Å². The summed E-state index contributed by atoms with van der Waals surface area (Å²) < 4.78 is 45.8. The van der Waals surface area contributed by atoms with E-state index in [1.807, 2.05) is 4.90 Å². The molecule has 0 aliphatic carbocycles. The molecule has 0 radical (unpaired) electrons. The van der Waals surface area contributed by atoms with Crippen molar-refractivity contribution in [3.8, 4) is 0 Å². The standard InChI is InChI=1S/C23H27F3N4O4/c24-14-1-4-16(5-2-14)29-7-9-30(10-8-29)21-19(34-20(13-31)22(21)32)12-27-23(33)28-18-6-3-15(25)11-17(18)26/h1-6,11,19-22,31-32H,7-10,12-13H2,(H2,27,28,33)/t19-,20+,21+,22-/m1/s1. The number of carbonyl (C=O) groups is 1. The van der Waals surface area contributed by atoms with Crippen molar-refractivity contribution in [1.29, 1.82) is 0 Å². The number of anilines is 2. The number of amides is 2. The van der Waals surface area contributed by atoms with Gasteiger partial charge in [-0.15, -0.1) is 0 Å². The molecule has 2 aromatic rings. The van der Waals surface area contributed by atoms with Gasteiger partial charge in [0.1, 0.15) is 29.7 Å². The number of nitrogens with zero attached hydrogens (tertiary/aromatic N) is 2. The highest BCUT2D eigenvalue weighted by molar-refractivity contribution is 5.89. The SMILES string of the molecule is O=C(NC[C@H]1O[C@@H](CO)[C@@H](O)[C@H]1N1CCN(c2ccc(F)cc2)CC1)Nc1ccc(F)cc1F. The summed E-state index contributed by atoms with van der Waals surface area (Å²) >= 11 is 0. The predicted octanol–water partition coefficient (Wildman–Crippen LogP) is 1.54. The van der Waals surface area contributed by atoms with Crippen molar-refractivity contribution in [3.63, 3.8) is 0 Å². The minimum absolute atomic E-state index is 0.00501. The van der Waals surface area contributed by atoms with Crippen molar-refractivity contribution >= 4 is 17.4 Å². The van der Waals surface area contributed by atoms with Gasteiger partial charge in [-0.05, 0) is 36.4 Å². The van der Waals surface area contributed by atoms with Crippen LogP contribution in [0.25, 0.3) is 0 Å². The zero-order valence-corrected chi connectivity index (χ0v) is 18.3. The third-order valence-corrected chi connectivity index (χ3v) is 6.21. The number of aliphatic hydroxyl groups excluding tert-OH is 2. The summed E-state index contributed by atoms with van der Waals surface area (Å²) in [6.45, 7) is 2.09. The molecule has 2 aliphatic heterocycles. The van der Waals surface area contributed by atoms with Crippen LogP contribution in [0.2, 0.25) is 0 Å². The maximum atomic E-state index is 13.8. The molecule has 2 fully saturated rings. The molecule has 0 aromatic heterocycles. The highest BCUT2D eigenvalue weighted by Crippen LogP contribution is 2.28. The zero-order valence-electron chi connectivity index (χ0n) is 18.3. The molecule has 0 saturated carbocycles. The van der Waals surface area contributed by atoms with Gasteiger partial charge in [0.2, 0.25) is 0 Å². The van der Waals surface area contributed by atoms with Crippen LogP contribution in [0.15, 0.2) is 42.5 Å². The molecule has 2 heterocycles. The number of rotatable bonds is 6. The number of benzene rings is 2. The van der Waals surface area contributed by atoms with Crippen molar-refractivity contribution in [1.82, 2.24) is 10.2 Å². The summed E-state index contributed by atoms with van der Waals surface area (Å²) in [5.41, 5.74) is 0.730. The van der Waals surface area contributed by atoms with Crippen LogP contribution in [-0.4, -0.2) is 84.8 Å². The number of aliphatic hydroxyl groups is 2. The Balaban J connectivity index is 1.35. The summed E-state index contributed by atoms with van der Waals surface area (Å²) in [6.07, 6.45) is -2.38. The van der Waals surface area contributed by atoms with Gasteiger partial charge >= 0.3 is 6.03 Å². The van der Waals surface area contributed by atoms with Crippen LogP contribution in [0, 0.1) is 17.5 Å². The second-order valence-corrected chi connectivity index (χ2v) is 8.34. The zero-order chi connectivity index (χ0) is 24.2. The lowest BCUT2D eigenvalue weighted by atomic mass is 10.0. The van der Waals surface area contributed by atoms with Gasteiger partial charge in [0.15, 0.2) is 0 Å². The monoisotopic (exact) mass is 480 g/mol. The van der Waals surface area contributed by atoms with Crippen LogP contribution in [0.5, 0.6) is 0 Å². The number of hydrogen-bond acceptors (Lipinski definition) is 6. The Morgan fingerprint density at radius 3 is 2.32 bits per heavy atom. The normalized spacial score (nSPS) is 25.4. The molecule has 0 bridgehead atoms. The number of carbonyl (C=O) groups excluding carboxylic acids is 1. The lowest BCUT2D eigenvalue weighted by Crippen LogP contribution is -2.57. The molecule has 8 nitrogen and oxygen atoms in total. The number of halogens is 3. The highest BCUT2D eigenvalue weighted by Gasteiger charge is 2.46. The molecule has 4 atom stereocenters. The Bertz CT molecular complexity index is 989. The number of urea groups is 1. The van der Waals surface area contributed by atoms with Crippen LogP contribution in [0.4, 0.5) is 29.3 Å². The van der Waals surface area contributed by atoms with Crippen molar-refractivity contribution < 1.29 is 32.9 Å². The molecule has 2 saturated heterocycles. The van der Waals surface area contributed by atoms with E-state index in [-0.39, 0.29) is 24.7 Å². The summed E-state index contributed by atoms with van der Waals surface area (Å²) in [5, 5.41) is 25.2. The fourth-order valence-electron chi connectivity index (χ4n) is 4.48. The van der Waals surface area contributed by atoms with Crippen LogP contribution in [0.1, 0.15) is 0 Å². The topological polar surface area (TPSA) is 97.3 Å². The first-order valence-electron chi connectivity index (χ1n) is 11.0. The first-order chi connectivity index (χ1) is 16.4. The van der Waals surface area contributed by atoms with Crippen molar-refractivity contribution in [3.05, 3.63) is 59.9 Å². The Labute approximate surface area is 194 Å². The summed E-state index contributed by atoms with van der Waals surface area (Å²) in [4.78, 5) is 16.4. The first kappa shape index (κ1) is 24.3. The van der Waals surface area contributed by atoms with Crippen molar-refractivity contribution in [2.45, 2.75) is 24.4 Å². The number of piperazine rings is 1. The quantitative estimate of drug-likeness (QED) is 0.501. The molecular weight excluding hydrogens is 453 g/mol. The maximum absolute atomic E-state index is 13.8. The first-order valence-corrected chi connectivity index (χ1v) is 11.0. The Hall–Kier alpha value is -2.86. The average molecular weight is 480 g/mol. The highest BCUT2D eigenvalue weighted by atomic mass is 19.1. The molecule has 2 aliphatic rings. The van der Waals surface area contributed by atoms with Gasteiger partial charge in [0, 0.05) is 44.5 Å². The number of hydrogen-bond donors (Lipinski definition) is 4. The Morgan fingerprint density at radius 1 is 1.00 bits per heavy atom. The second-order valence-electron chi connectivity index (χ2n) is 8.34. The fourth-order valence-corrected chi connectivity index (χ4v) is 4.48. The smallest absolute Gasteiger partial charge is 0.319 e. The molecular formula is C23H27F3N4O4. The van der Waals surface area contributed by atoms with Gasteiger partial charge < -0.3 is 30.5 Å². The predicted molar refractivity (Wildman–Crippen MR) is 119 cm³/mol. The lowest BCUT2D eigenvalue weighted by Gasteiger charge is -2.41. The molecule has 4 N–H and O–H groups in total. The third-order valence-electron chi connectivity index (χ3n) is 6.21. The molecule has 11 heteroatoms. The molecule has 4 rings (SSSR count). The summed E-state index contributed by atoms with van der Waals surface area (Å²) in [7, 11) is 0. The average Bonchev–Trinajstić information content (AvgIpc) is 3.15. The Kier molecular flexibility index (Phi) is 7.57.